The van der Waals surface area contributed by atoms with Crippen LogP contribution in [0.5, 0.6) is 0 Å². The average molecular weight is 224 g/mol. The molecule has 0 bridgehead atoms. The summed E-state index contributed by atoms with van der Waals surface area (Å²) in [5.74, 6) is 0.649. The molecule has 2 N–H and O–H groups in total. The molecule has 1 aromatic carbocycles. The highest BCUT2D eigenvalue weighted by Gasteiger charge is 2.03. The Bertz CT molecular complexity index is 506. The molecule has 78 valence electrons. The largest absolute Gasteiger partial charge is 0.349 e. The monoisotopic (exact) mass is 223 g/mol. The maximum absolute atomic E-state index is 10.7. The maximum Gasteiger partial charge on any atom is 0.217 e. The number of fused-ring (bicyclic) bond motifs is 1. The second kappa shape index (κ2) is 3.90. The molecule has 0 aliphatic carbocycles. The van der Waals surface area contributed by atoms with Gasteiger partial charge in [0.1, 0.15) is 5.82 Å². The second-order valence-corrected chi connectivity index (χ2v) is 3.69. The van der Waals surface area contributed by atoms with Gasteiger partial charge in [-0.1, -0.05) is 11.6 Å². The molecule has 0 aliphatic heterocycles. The minimum Gasteiger partial charge on any atom is -0.349 e. The number of nitrogens with zero attached hydrogens (tertiary/aromatic N) is 1. The maximum atomic E-state index is 10.7. The van der Waals surface area contributed by atoms with Crippen LogP contribution >= 0.6 is 11.6 Å². The van der Waals surface area contributed by atoms with E-state index in [1.165, 1.54) is 6.92 Å². The van der Waals surface area contributed by atoms with Gasteiger partial charge in [0.15, 0.2) is 0 Å². The molecule has 2 rings (SSSR count). The van der Waals surface area contributed by atoms with Crippen molar-refractivity contribution in [1.29, 1.82) is 0 Å². The molecule has 1 heterocycles. The fourth-order valence-electron chi connectivity index (χ4n) is 1.33. The average Bonchev–Trinajstić information content (AvgIpc) is 2.56. The van der Waals surface area contributed by atoms with Crippen LogP contribution in [0.25, 0.3) is 11.0 Å². The summed E-state index contributed by atoms with van der Waals surface area (Å²) in [5, 5.41) is 3.34. The van der Waals surface area contributed by atoms with Gasteiger partial charge in [0, 0.05) is 11.9 Å². The third-order valence-electron chi connectivity index (χ3n) is 2.00. The first-order valence-electron chi connectivity index (χ1n) is 4.54. The van der Waals surface area contributed by atoms with Crippen molar-refractivity contribution < 1.29 is 4.79 Å². The smallest absolute Gasteiger partial charge is 0.217 e. The molecule has 0 saturated carbocycles. The number of rotatable bonds is 2. The van der Waals surface area contributed by atoms with Crippen LogP contribution in [0.3, 0.4) is 0 Å². The Morgan fingerprint density at radius 2 is 2.40 bits per heavy atom. The number of carbonyl (C=O) groups is 1. The standard InChI is InChI=1S/C10H10ClN3O/c1-6(15)12-5-10-13-8-3-2-7(11)4-9(8)14-10/h2-4H,5H2,1H3,(H,12,15)(H,13,14). The third kappa shape index (κ3) is 2.27. The molecular weight excluding hydrogens is 214 g/mol. The van der Waals surface area contributed by atoms with Gasteiger partial charge in [0.2, 0.25) is 5.91 Å². The van der Waals surface area contributed by atoms with Crippen molar-refractivity contribution in [2.75, 3.05) is 0 Å². The number of hydrogen-bond acceptors (Lipinski definition) is 2. The highest BCUT2D eigenvalue weighted by atomic mass is 35.5. The highest BCUT2D eigenvalue weighted by Crippen LogP contribution is 2.16. The molecule has 0 unspecified atom stereocenters. The lowest BCUT2D eigenvalue weighted by Gasteiger charge is -1.96. The van der Waals surface area contributed by atoms with Crippen LogP contribution in [0.15, 0.2) is 18.2 Å². The number of hydrogen-bond donors (Lipinski definition) is 2. The Kier molecular flexibility index (Phi) is 2.60. The van der Waals surface area contributed by atoms with Gasteiger partial charge < -0.3 is 10.3 Å². The lowest BCUT2D eigenvalue weighted by Crippen LogP contribution is -2.19. The molecule has 1 aromatic heterocycles. The minimum atomic E-state index is -0.0755. The second-order valence-electron chi connectivity index (χ2n) is 3.25. The zero-order valence-corrected chi connectivity index (χ0v) is 8.93. The van der Waals surface area contributed by atoms with Crippen molar-refractivity contribution in [2.45, 2.75) is 13.5 Å². The summed E-state index contributed by atoms with van der Waals surface area (Å²) in [6.45, 7) is 1.88. The van der Waals surface area contributed by atoms with Gasteiger partial charge in [-0.3, -0.25) is 4.79 Å². The molecule has 2 aromatic rings. The summed E-state index contributed by atoms with van der Waals surface area (Å²) >= 11 is 5.84. The van der Waals surface area contributed by atoms with E-state index in [1.54, 1.807) is 12.1 Å². The van der Waals surface area contributed by atoms with Gasteiger partial charge in [-0.15, -0.1) is 0 Å². The normalized spacial score (nSPS) is 10.5. The van der Waals surface area contributed by atoms with Crippen molar-refractivity contribution in [3.05, 3.63) is 29.0 Å². The highest BCUT2D eigenvalue weighted by molar-refractivity contribution is 6.31. The summed E-state index contributed by atoms with van der Waals surface area (Å²) in [5.41, 5.74) is 1.72. The lowest BCUT2D eigenvalue weighted by atomic mass is 10.3. The van der Waals surface area contributed by atoms with Crippen LogP contribution in [0, 0.1) is 0 Å². The first-order chi connectivity index (χ1) is 7.15. The van der Waals surface area contributed by atoms with Gasteiger partial charge in [0.25, 0.3) is 0 Å². The molecule has 1 amide bonds. The van der Waals surface area contributed by atoms with Gasteiger partial charge in [0.05, 0.1) is 17.6 Å². The topological polar surface area (TPSA) is 57.8 Å². The summed E-state index contributed by atoms with van der Waals surface area (Å²) < 4.78 is 0. The summed E-state index contributed by atoms with van der Waals surface area (Å²) in [4.78, 5) is 18.1. The summed E-state index contributed by atoms with van der Waals surface area (Å²) in [6, 6.07) is 5.43. The lowest BCUT2D eigenvalue weighted by molar-refractivity contribution is -0.119. The molecule has 4 nitrogen and oxygen atoms in total. The predicted octanol–water partition coefficient (Wildman–Crippen LogP) is 1.85. The molecule has 0 radical (unpaired) electrons. The van der Waals surface area contributed by atoms with Gasteiger partial charge in [-0.25, -0.2) is 4.98 Å². The Morgan fingerprint density at radius 1 is 1.60 bits per heavy atom. The Labute approximate surface area is 91.7 Å². The van der Waals surface area contributed by atoms with E-state index < -0.39 is 0 Å². The number of H-pyrrole nitrogens is 1. The van der Waals surface area contributed by atoms with Gasteiger partial charge in [-0.05, 0) is 18.2 Å². The number of carbonyl (C=O) groups excluding carboxylic acids is 1. The van der Waals surface area contributed by atoms with Crippen molar-refractivity contribution in [3.8, 4) is 0 Å². The SMILES string of the molecule is CC(=O)NCc1nc2ccc(Cl)cc2[nH]1. The number of aromatic nitrogens is 2. The van der Waals surface area contributed by atoms with E-state index >= 15 is 0 Å². The number of nitrogens with one attached hydrogen (secondary N) is 2. The minimum absolute atomic E-state index is 0.0755. The van der Waals surface area contributed by atoms with Crippen molar-refractivity contribution in [2.24, 2.45) is 0 Å². The van der Waals surface area contributed by atoms with Crippen molar-refractivity contribution in [3.63, 3.8) is 0 Å². The fraction of sp³-hybridized carbons (Fsp3) is 0.200. The van der Waals surface area contributed by atoms with E-state index in [-0.39, 0.29) is 5.91 Å². The van der Waals surface area contributed by atoms with E-state index in [9.17, 15) is 4.79 Å². The Morgan fingerprint density at radius 3 is 3.13 bits per heavy atom. The first kappa shape index (κ1) is 9.98. The van der Waals surface area contributed by atoms with E-state index in [2.05, 4.69) is 15.3 Å². The number of amides is 1. The molecule has 0 saturated heterocycles. The van der Waals surface area contributed by atoms with Crippen molar-refractivity contribution >= 4 is 28.5 Å². The van der Waals surface area contributed by atoms with Crippen LogP contribution in [0.4, 0.5) is 0 Å². The Hall–Kier alpha value is -1.55. The molecule has 0 spiro atoms. The Balaban J connectivity index is 2.27. The van der Waals surface area contributed by atoms with E-state index in [4.69, 9.17) is 11.6 Å². The number of halogens is 1. The van der Waals surface area contributed by atoms with E-state index in [1.807, 2.05) is 6.07 Å². The van der Waals surface area contributed by atoms with E-state index in [0.717, 1.165) is 16.9 Å². The molecule has 5 heteroatoms. The van der Waals surface area contributed by atoms with Crippen LogP contribution in [0.1, 0.15) is 12.7 Å². The van der Waals surface area contributed by atoms with Gasteiger partial charge >= 0.3 is 0 Å². The summed E-state index contributed by atoms with van der Waals surface area (Å²) in [7, 11) is 0. The van der Waals surface area contributed by atoms with Crippen LogP contribution < -0.4 is 5.32 Å². The van der Waals surface area contributed by atoms with Crippen molar-refractivity contribution in [1.82, 2.24) is 15.3 Å². The number of imidazole rings is 1. The molecule has 0 aliphatic rings. The predicted molar refractivity (Wildman–Crippen MR) is 58.6 cm³/mol. The van der Waals surface area contributed by atoms with Crippen LogP contribution in [-0.4, -0.2) is 15.9 Å². The molecular formula is C10H10ClN3O. The number of benzene rings is 1. The molecule has 15 heavy (non-hydrogen) atoms. The summed E-state index contributed by atoms with van der Waals surface area (Å²) in [6.07, 6.45) is 0. The van der Waals surface area contributed by atoms with Crippen LogP contribution in [0.2, 0.25) is 5.02 Å². The molecule has 0 fully saturated rings. The fourth-order valence-corrected chi connectivity index (χ4v) is 1.50. The zero-order valence-electron chi connectivity index (χ0n) is 8.17. The van der Waals surface area contributed by atoms with Gasteiger partial charge in [-0.2, -0.15) is 0 Å². The number of aromatic amines is 1. The molecule has 0 atom stereocenters. The zero-order chi connectivity index (χ0) is 10.8. The first-order valence-corrected chi connectivity index (χ1v) is 4.91. The van der Waals surface area contributed by atoms with E-state index in [0.29, 0.717) is 11.6 Å². The quantitative estimate of drug-likeness (QED) is 0.817. The van der Waals surface area contributed by atoms with Crippen LogP contribution in [-0.2, 0) is 11.3 Å². The third-order valence-corrected chi connectivity index (χ3v) is 2.23.